The van der Waals surface area contributed by atoms with Crippen molar-refractivity contribution in [2.24, 2.45) is 35.5 Å². The fourth-order valence-corrected chi connectivity index (χ4v) is 11.5. The van der Waals surface area contributed by atoms with Crippen molar-refractivity contribution >= 4 is 102 Å². The minimum atomic E-state index is -0.249. The Hall–Kier alpha value is -12.2. The van der Waals surface area contributed by atoms with E-state index in [0.717, 1.165) is 117 Å². The van der Waals surface area contributed by atoms with Crippen molar-refractivity contribution in [2.75, 3.05) is 49.1 Å². The smallest absolute Gasteiger partial charge is 0.230 e. The molecule has 6 atom stereocenters. The summed E-state index contributed by atoms with van der Waals surface area (Å²) in [6.07, 6.45) is 6.79. The summed E-state index contributed by atoms with van der Waals surface area (Å²) >= 11 is 0. The Labute approximate surface area is 515 Å². The molecule has 6 aliphatic rings. The van der Waals surface area contributed by atoms with E-state index in [1.165, 1.54) is 0 Å². The van der Waals surface area contributed by atoms with E-state index in [1.54, 1.807) is 36.8 Å². The number of ether oxygens (including phenoxy) is 3. The number of carbonyl (C=O) groups excluding carboxylic acids is 3. The Kier molecular flexibility index (Phi) is 14.1. The zero-order valence-corrected chi connectivity index (χ0v) is 49.0. The standard InChI is InChI=1S/3C23H19N5O2/c3*1-11-3-20-21(30-12(2)27-20)8-16(11)13-4-14-7-22(26-10-18(14)19(25)6-13)28-23(29)17-5-15(17)9-24/h3*3-4,6-8,10,15,17,27H,2,5,25H2,1H3,(H,26,28,29)/t2*15-,17+;/m10./s1. The lowest BCUT2D eigenvalue weighted by atomic mass is 9.96. The number of aryl methyl sites for hydroxylation is 3. The van der Waals surface area contributed by atoms with E-state index in [1.807, 2.05) is 93.6 Å². The van der Waals surface area contributed by atoms with Gasteiger partial charge in [0, 0.05) is 51.8 Å². The van der Waals surface area contributed by atoms with E-state index in [0.29, 0.717) is 71.4 Å². The summed E-state index contributed by atoms with van der Waals surface area (Å²) in [7, 11) is 0. The number of carbonyl (C=O) groups is 3. The summed E-state index contributed by atoms with van der Waals surface area (Å²) in [5.41, 5.74) is 32.4. The average molecular weight is 1190 g/mol. The minimum Gasteiger partial charge on any atom is -0.439 e. The largest absolute Gasteiger partial charge is 0.439 e. The molecule has 0 saturated heterocycles. The molecule has 12 N–H and O–H groups in total. The van der Waals surface area contributed by atoms with Gasteiger partial charge in [-0.2, -0.15) is 15.8 Å². The number of amides is 3. The molecule has 3 aliphatic heterocycles. The van der Waals surface area contributed by atoms with Crippen molar-refractivity contribution in [1.82, 2.24) is 15.0 Å². The van der Waals surface area contributed by atoms with Crippen LogP contribution in [0.15, 0.2) is 147 Å². The Morgan fingerprint density at radius 3 is 0.989 bits per heavy atom. The highest BCUT2D eigenvalue weighted by Gasteiger charge is 2.45. The minimum absolute atomic E-state index is 0.170. The third kappa shape index (κ3) is 11.2. The first-order valence-electron chi connectivity index (χ1n) is 28.8. The van der Waals surface area contributed by atoms with E-state index >= 15 is 0 Å². The average Bonchev–Trinajstić information content (AvgIpc) is 1.13. The fraction of sp³-hybridized carbons (Fsp3) is 0.174. The Bertz CT molecular complexity index is 4350. The molecule has 9 aromatic rings. The molecular weight excluding hydrogens is 1130 g/mol. The number of nitriles is 3. The van der Waals surface area contributed by atoms with E-state index in [2.05, 4.69) is 84.8 Å². The molecule has 0 bridgehead atoms. The third-order valence-electron chi connectivity index (χ3n) is 16.7. The molecule has 3 amide bonds. The lowest BCUT2D eigenvalue weighted by Gasteiger charge is -2.12. The van der Waals surface area contributed by atoms with Gasteiger partial charge in [-0.25, -0.2) is 15.0 Å². The number of rotatable bonds is 9. The molecule has 15 rings (SSSR count). The maximum atomic E-state index is 12.3. The maximum Gasteiger partial charge on any atom is 0.230 e. The van der Waals surface area contributed by atoms with Gasteiger partial charge < -0.3 is 63.3 Å². The number of nitrogens with one attached hydrogen (secondary N) is 6. The first-order chi connectivity index (χ1) is 43.3. The van der Waals surface area contributed by atoms with Gasteiger partial charge in [0.25, 0.3) is 0 Å². The van der Waals surface area contributed by atoms with Crippen LogP contribution < -0.4 is 63.3 Å². The van der Waals surface area contributed by atoms with Gasteiger partial charge >= 0.3 is 0 Å². The van der Waals surface area contributed by atoms with Crippen LogP contribution in [-0.2, 0) is 14.4 Å². The maximum absolute atomic E-state index is 12.3. The van der Waals surface area contributed by atoms with Crippen molar-refractivity contribution in [3.05, 3.63) is 164 Å². The Morgan fingerprint density at radius 1 is 0.456 bits per heavy atom. The first-order valence-corrected chi connectivity index (χ1v) is 28.8. The molecule has 0 radical (unpaired) electrons. The molecule has 3 fully saturated rings. The summed E-state index contributed by atoms with van der Waals surface area (Å²) in [5.74, 6) is 3.17. The zero-order valence-electron chi connectivity index (χ0n) is 49.0. The van der Waals surface area contributed by atoms with Crippen LogP contribution in [0.4, 0.5) is 51.6 Å². The zero-order chi connectivity index (χ0) is 63.0. The van der Waals surface area contributed by atoms with Crippen molar-refractivity contribution in [2.45, 2.75) is 40.0 Å². The van der Waals surface area contributed by atoms with Crippen LogP contribution in [0.25, 0.3) is 65.7 Å². The normalized spacial score (nSPS) is 18.9. The van der Waals surface area contributed by atoms with Gasteiger partial charge in [-0.15, -0.1) is 0 Å². The predicted molar refractivity (Wildman–Crippen MR) is 347 cm³/mol. The summed E-state index contributed by atoms with van der Waals surface area (Å²) in [5, 5.41) is 49.5. The van der Waals surface area contributed by atoms with Gasteiger partial charge in [0.05, 0.1) is 70.8 Å². The quantitative estimate of drug-likeness (QED) is 0.0606. The van der Waals surface area contributed by atoms with Crippen molar-refractivity contribution in [3.63, 3.8) is 0 Å². The van der Waals surface area contributed by atoms with Gasteiger partial charge in [0.15, 0.2) is 34.9 Å². The van der Waals surface area contributed by atoms with Gasteiger partial charge in [-0.1, -0.05) is 0 Å². The molecule has 6 heterocycles. The van der Waals surface area contributed by atoms with Crippen LogP contribution in [-0.4, -0.2) is 32.7 Å². The predicted octanol–water partition coefficient (Wildman–Crippen LogP) is 12.5. The second kappa shape index (κ2) is 22.3. The molecule has 21 nitrogen and oxygen atoms in total. The first kappa shape index (κ1) is 57.0. The second-order valence-electron chi connectivity index (χ2n) is 23.2. The Balaban J connectivity index is 0.000000124. The number of nitrogens with zero attached hydrogens (tertiary/aromatic N) is 6. The van der Waals surface area contributed by atoms with Crippen LogP contribution in [0.2, 0.25) is 0 Å². The number of hydrogen-bond acceptors (Lipinski definition) is 18. The van der Waals surface area contributed by atoms with Crippen molar-refractivity contribution < 1.29 is 28.6 Å². The molecule has 0 spiro atoms. The monoisotopic (exact) mass is 1190 g/mol. The Morgan fingerprint density at radius 2 is 0.733 bits per heavy atom. The van der Waals surface area contributed by atoms with Gasteiger partial charge in [-0.05, 0) is 217 Å². The number of nitrogen functional groups attached to an aromatic ring is 3. The van der Waals surface area contributed by atoms with Crippen LogP contribution >= 0.6 is 0 Å². The van der Waals surface area contributed by atoms with Gasteiger partial charge in [0.2, 0.25) is 17.7 Å². The number of aromatic nitrogens is 3. The summed E-state index contributed by atoms with van der Waals surface area (Å²) < 4.78 is 16.9. The van der Waals surface area contributed by atoms with Crippen LogP contribution in [0.5, 0.6) is 17.2 Å². The van der Waals surface area contributed by atoms with E-state index in [-0.39, 0.29) is 53.2 Å². The van der Waals surface area contributed by atoms with Crippen molar-refractivity contribution in [1.29, 1.82) is 15.8 Å². The molecule has 3 aliphatic carbocycles. The van der Waals surface area contributed by atoms with Crippen LogP contribution in [0.1, 0.15) is 36.0 Å². The molecule has 3 saturated carbocycles. The number of pyridine rings is 3. The summed E-state index contributed by atoms with van der Waals surface area (Å²) in [6, 6.07) is 35.5. The van der Waals surface area contributed by atoms with Gasteiger partial charge in [0.1, 0.15) is 17.5 Å². The summed E-state index contributed by atoms with van der Waals surface area (Å²) in [6.45, 7) is 17.5. The molecule has 6 aromatic carbocycles. The molecule has 21 heteroatoms. The fourth-order valence-electron chi connectivity index (χ4n) is 11.5. The van der Waals surface area contributed by atoms with E-state index in [9.17, 15) is 14.4 Å². The third-order valence-corrected chi connectivity index (χ3v) is 16.7. The summed E-state index contributed by atoms with van der Waals surface area (Å²) in [4.78, 5) is 49.7. The number of benzene rings is 6. The molecule has 444 valence electrons. The topological polar surface area (TPSA) is 339 Å². The SMILES string of the molecule is C=C1Nc2cc(C)c(-c3cc(N)c4cnc(NC(=O)C5CC5C#N)cc4c3)cc2O1.C=C1Nc2cc(C)c(-c3cc(N)c4cnc(NC(=O)[C@@H]5C[C@H]5C#N)cc4c3)cc2O1.C=C1Nc2cc(C)c(-c3cc(N)c4cnc(NC(=O)[C@H]5C[C@@H]5C#N)cc4c3)cc2O1. The molecule has 3 aromatic heterocycles. The second-order valence-corrected chi connectivity index (χ2v) is 23.2. The molecular formula is C69H57N15O6. The molecule has 90 heavy (non-hydrogen) atoms. The lowest BCUT2D eigenvalue weighted by Crippen LogP contribution is -2.15. The number of nitrogens with two attached hydrogens (primary N) is 3. The van der Waals surface area contributed by atoms with Gasteiger partial charge in [-0.3, -0.25) is 14.4 Å². The lowest BCUT2D eigenvalue weighted by molar-refractivity contribution is -0.118. The number of fused-ring (bicyclic) bond motifs is 6. The molecule has 2 unspecified atom stereocenters. The highest BCUT2D eigenvalue weighted by atomic mass is 16.5. The van der Waals surface area contributed by atoms with E-state index < -0.39 is 0 Å². The van der Waals surface area contributed by atoms with Crippen LogP contribution in [0, 0.1) is 90.3 Å². The van der Waals surface area contributed by atoms with Crippen molar-refractivity contribution in [3.8, 4) is 68.8 Å². The number of hydrogen-bond donors (Lipinski definition) is 9. The van der Waals surface area contributed by atoms with E-state index in [4.69, 9.17) is 47.2 Å². The van der Waals surface area contributed by atoms with Crippen LogP contribution in [0.3, 0.4) is 0 Å². The number of anilines is 9. The highest BCUT2D eigenvalue weighted by molar-refractivity contribution is 6.04. The highest BCUT2D eigenvalue weighted by Crippen LogP contribution is 2.46.